The number of hydrogen-bond acceptors (Lipinski definition) is 5. The van der Waals surface area contributed by atoms with Gasteiger partial charge >= 0.3 is 6.18 Å². The molecule has 2 aromatic rings. The number of halogens is 3. The van der Waals surface area contributed by atoms with Crippen molar-refractivity contribution < 1.29 is 18.0 Å². The third-order valence-corrected chi connectivity index (χ3v) is 5.33. The zero-order valence-electron chi connectivity index (χ0n) is 14.7. The number of thioether (sulfide) groups is 1. The lowest BCUT2D eigenvalue weighted by Gasteiger charge is -2.16. The van der Waals surface area contributed by atoms with Gasteiger partial charge in [0.2, 0.25) is 11.7 Å². The first kappa shape index (κ1) is 19.7. The molecule has 1 aromatic heterocycles. The number of aromatic nitrogens is 3. The van der Waals surface area contributed by atoms with E-state index in [1.54, 1.807) is 0 Å². The Hall–Kier alpha value is -2.07. The van der Waals surface area contributed by atoms with Crippen molar-refractivity contribution in [3.8, 4) is 0 Å². The smallest absolute Gasteiger partial charge is 0.351 e. The fourth-order valence-corrected chi connectivity index (χ4v) is 3.74. The Kier molecular flexibility index (Phi) is 6.05. The Labute approximate surface area is 159 Å². The number of alkyl halides is 3. The summed E-state index contributed by atoms with van der Waals surface area (Å²) in [6, 6.07) is 10.2. The number of carbonyl (C=O) groups excluding carboxylic acids is 1. The lowest BCUT2D eigenvalue weighted by molar-refractivity contribution is -0.147. The van der Waals surface area contributed by atoms with Crippen LogP contribution in [0.15, 0.2) is 35.5 Å². The van der Waals surface area contributed by atoms with Gasteiger partial charge < -0.3 is 9.88 Å². The number of rotatable bonds is 6. The molecule has 1 fully saturated rings. The van der Waals surface area contributed by atoms with E-state index in [1.807, 2.05) is 18.2 Å². The Morgan fingerprint density at radius 1 is 1.30 bits per heavy atom. The van der Waals surface area contributed by atoms with Gasteiger partial charge in [-0.2, -0.15) is 13.2 Å². The van der Waals surface area contributed by atoms with Gasteiger partial charge in [-0.05, 0) is 12.0 Å². The lowest BCUT2D eigenvalue weighted by Crippen LogP contribution is -2.38. The molecule has 146 valence electrons. The average molecular weight is 399 g/mol. The molecule has 1 aromatic carbocycles. The maximum Gasteiger partial charge on any atom is 0.451 e. The van der Waals surface area contributed by atoms with Crippen molar-refractivity contribution in [1.82, 2.24) is 25.0 Å². The second-order valence-corrected chi connectivity index (χ2v) is 7.37. The van der Waals surface area contributed by atoms with E-state index >= 15 is 0 Å². The molecule has 1 amide bonds. The summed E-state index contributed by atoms with van der Waals surface area (Å²) in [5.74, 6) is -1.29. The van der Waals surface area contributed by atoms with E-state index in [2.05, 4.69) is 32.5 Å². The van der Waals surface area contributed by atoms with Crippen LogP contribution in [0.5, 0.6) is 0 Å². The van der Waals surface area contributed by atoms with Crippen molar-refractivity contribution in [2.24, 2.45) is 7.05 Å². The third kappa shape index (κ3) is 5.23. The van der Waals surface area contributed by atoms with Crippen molar-refractivity contribution >= 4 is 17.7 Å². The fourth-order valence-electron chi connectivity index (χ4n) is 3.02. The second-order valence-electron chi connectivity index (χ2n) is 6.43. The molecule has 10 heteroatoms. The highest BCUT2D eigenvalue weighted by Gasteiger charge is 2.37. The van der Waals surface area contributed by atoms with Crippen LogP contribution in [0.1, 0.15) is 17.8 Å². The van der Waals surface area contributed by atoms with E-state index < -0.39 is 12.0 Å². The molecule has 0 radical (unpaired) electrons. The van der Waals surface area contributed by atoms with E-state index in [4.69, 9.17) is 0 Å². The molecule has 1 atom stereocenters. The average Bonchev–Trinajstić information content (AvgIpc) is 3.20. The summed E-state index contributed by atoms with van der Waals surface area (Å²) in [4.78, 5) is 14.4. The fraction of sp³-hybridized carbons (Fsp3) is 0.471. The van der Waals surface area contributed by atoms with Gasteiger partial charge in [-0.3, -0.25) is 9.69 Å². The maximum absolute atomic E-state index is 12.7. The Morgan fingerprint density at radius 3 is 2.70 bits per heavy atom. The van der Waals surface area contributed by atoms with Crippen LogP contribution in [-0.4, -0.2) is 50.5 Å². The van der Waals surface area contributed by atoms with Crippen LogP contribution in [0.25, 0.3) is 0 Å². The Bertz CT molecular complexity index is 781. The molecule has 0 spiro atoms. The van der Waals surface area contributed by atoms with Crippen molar-refractivity contribution in [2.45, 2.75) is 30.3 Å². The number of benzene rings is 1. The van der Waals surface area contributed by atoms with Gasteiger partial charge in [0.15, 0.2) is 5.16 Å². The SMILES string of the molecule is Cn1c(SCC(=O)N[C@H]2CCN(Cc3ccccc3)C2)nnc1C(F)(F)F. The molecule has 2 heterocycles. The van der Waals surface area contributed by atoms with Gasteiger partial charge in [-0.25, -0.2) is 0 Å². The summed E-state index contributed by atoms with van der Waals surface area (Å²) in [7, 11) is 1.24. The van der Waals surface area contributed by atoms with Gasteiger partial charge in [0.05, 0.1) is 5.75 Å². The molecular formula is C17H20F3N5OS. The molecular weight excluding hydrogens is 379 g/mol. The molecule has 6 nitrogen and oxygen atoms in total. The number of nitrogens with one attached hydrogen (secondary N) is 1. The van der Waals surface area contributed by atoms with Crippen LogP contribution >= 0.6 is 11.8 Å². The maximum atomic E-state index is 12.7. The van der Waals surface area contributed by atoms with E-state index in [0.717, 1.165) is 42.4 Å². The minimum absolute atomic E-state index is 0.000976. The molecule has 1 saturated heterocycles. The van der Waals surface area contributed by atoms with Crippen LogP contribution in [0.2, 0.25) is 0 Å². The van der Waals surface area contributed by atoms with Crippen LogP contribution < -0.4 is 5.32 Å². The summed E-state index contributed by atoms with van der Waals surface area (Å²) in [6.07, 6.45) is -3.71. The predicted octanol–water partition coefficient (Wildman–Crippen LogP) is 2.32. The molecule has 0 unspecified atom stereocenters. The van der Waals surface area contributed by atoms with Crippen LogP contribution in [0.4, 0.5) is 13.2 Å². The minimum atomic E-state index is -4.56. The zero-order chi connectivity index (χ0) is 19.4. The second kappa shape index (κ2) is 8.30. The van der Waals surface area contributed by atoms with E-state index in [0.29, 0.717) is 0 Å². The van der Waals surface area contributed by atoms with E-state index in [9.17, 15) is 18.0 Å². The number of amides is 1. The molecule has 27 heavy (non-hydrogen) atoms. The summed E-state index contributed by atoms with van der Waals surface area (Å²) in [5.41, 5.74) is 1.22. The highest BCUT2D eigenvalue weighted by Crippen LogP contribution is 2.29. The summed E-state index contributed by atoms with van der Waals surface area (Å²) in [5, 5.41) is 9.66. The quantitative estimate of drug-likeness (QED) is 0.756. The summed E-state index contributed by atoms with van der Waals surface area (Å²) in [6.45, 7) is 2.49. The van der Waals surface area contributed by atoms with Gasteiger partial charge in [0, 0.05) is 32.7 Å². The number of hydrogen-bond donors (Lipinski definition) is 1. The van der Waals surface area contributed by atoms with Crippen LogP contribution in [0.3, 0.4) is 0 Å². The van der Waals surface area contributed by atoms with E-state index in [1.165, 1.54) is 12.6 Å². The minimum Gasteiger partial charge on any atom is -0.351 e. The summed E-state index contributed by atoms with van der Waals surface area (Å²) >= 11 is 0.943. The zero-order valence-corrected chi connectivity index (χ0v) is 15.6. The number of nitrogens with zero attached hydrogens (tertiary/aromatic N) is 4. The van der Waals surface area contributed by atoms with Crippen molar-refractivity contribution in [2.75, 3.05) is 18.8 Å². The first-order valence-electron chi connectivity index (χ1n) is 8.48. The van der Waals surface area contributed by atoms with Crippen molar-refractivity contribution in [3.63, 3.8) is 0 Å². The monoisotopic (exact) mass is 399 g/mol. The lowest BCUT2D eigenvalue weighted by atomic mass is 10.2. The van der Waals surface area contributed by atoms with E-state index in [-0.39, 0.29) is 22.9 Å². The number of likely N-dealkylation sites (tertiary alicyclic amines) is 1. The molecule has 0 saturated carbocycles. The predicted molar refractivity (Wildman–Crippen MR) is 95.0 cm³/mol. The third-order valence-electron chi connectivity index (χ3n) is 4.31. The van der Waals surface area contributed by atoms with Crippen LogP contribution in [-0.2, 0) is 24.6 Å². The van der Waals surface area contributed by atoms with Gasteiger partial charge in [0.1, 0.15) is 0 Å². The summed E-state index contributed by atoms with van der Waals surface area (Å²) < 4.78 is 39.0. The first-order valence-corrected chi connectivity index (χ1v) is 9.46. The van der Waals surface area contributed by atoms with Gasteiger partial charge in [-0.1, -0.05) is 42.1 Å². The number of carbonyl (C=O) groups is 1. The highest BCUT2D eigenvalue weighted by molar-refractivity contribution is 7.99. The largest absolute Gasteiger partial charge is 0.451 e. The van der Waals surface area contributed by atoms with Crippen LogP contribution in [0, 0.1) is 0 Å². The van der Waals surface area contributed by atoms with Crippen molar-refractivity contribution in [1.29, 1.82) is 0 Å². The first-order chi connectivity index (χ1) is 12.8. The molecule has 0 bridgehead atoms. The van der Waals surface area contributed by atoms with Gasteiger partial charge in [-0.15, -0.1) is 10.2 Å². The normalized spacial score (nSPS) is 18.0. The molecule has 3 rings (SSSR count). The molecule has 0 aliphatic carbocycles. The highest BCUT2D eigenvalue weighted by atomic mass is 32.2. The standard InChI is InChI=1S/C17H20F3N5OS/c1-24-15(17(18,19)20)22-23-16(24)27-11-14(26)21-13-7-8-25(10-13)9-12-5-3-2-4-6-12/h2-6,13H,7-11H2,1H3,(H,21,26)/t13-/m0/s1. The Morgan fingerprint density at radius 2 is 2.04 bits per heavy atom. The Balaban J connectivity index is 1.44. The van der Waals surface area contributed by atoms with Gasteiger partial charge in [0.25, 0.3) is 0 Å². The molecule has 1 aliphatic heterocycles. The van der Waals surface area contributed by atoms with Crippen molar-refractivity contribution in [3.05, 3.63) is 41.7 Å². The topological polar surface area (TPSA) is 63.1 Å². The molecule has 1 aliphatic rings. The molecule has 1 N–H and O–H groups in total.